The lowest BCUT2D eigenvalue weighted by Crippen LogP contribution is -2.52. The van der Waals surface area contributed by atoms with Crippen molar-refractivity contribution in [1.29, 1.82) is 0 Å². The highest BCUT2D eigenvalue weighted by Crippen LogP contribution is 2.34. The Morgan fingerprint density at radius 2 is 1.76 bits per heavy atom. The second-order valence-electron chi connectivity index (χ2n) is 10.4. The number of benzene rings is 2. The van der Waals surface area contributed by atoms with Gasteiger partial charge in [-0.3, -0.25) is 9.59 Å². The topological polar surface area (TPSA) is 87.5 Å². The van der Waals surface area contributed by atoms with E-state index < -0.39 is 6.04 Å². The van der Waals surface area contributed by atoms with E-state index in [2.05, 4.69) is 51.6 Å². The molecule has 8 heteroatoms. The van der Waals surface area contributed by atoms with Gasteiger partial charge in [0.1, 0.15) is 11.8 Å². The van der Waals surface area contributed by atoms with Gasteiger partial charge in [0.2, 0.25) is 11.8 Å². The fourth-order valence-corrected chi connectivity index (χ4v) is 5.91. The van der Waals surface area contributed by atoms with Crippen molar-refractivity contribution in [2.75, 3.05) is 11.8 Å². The van der Waals surface area contributed by atoms with E-state index in [9.17, 15) is 9.59 Å². The molecule has 1 atom stereocenters. The Kier molecular flexibility index (Phi) is 9.15. The van der Waals surface area contributed by atoms with Crippen molar-refractivity contribution < 1.29 is 14.1 Å². The minimum atomic E-state index is -0.500. The number of hydrogen-bond donors (Lipinski definition) is 2. The van der Waals surface area contributed by atoms with E-state index >= 15 is 0 Å². The van der Waals surface area contributed by atoms with Gasteiger partial charge in [-0.2, -0.15) is 0 Å². The Morgan fingerprint density at radius 3 is 2.37 bits per heavy atom. The molecule has 4 rings (SSSR count). The van der Waals surface area contributed by atoms with Crippen LogP contribution in [0, 0.1) is 25.7 Å². The van der Waals surface area contributed by atoms with E-state index in [1.54, 1.807) is 7.05 Å². The average Bonchev–Trinajstić information content (AvgIpc) is 3.57. The maximum atomic E-state index is 13.6. The summed E-state index contributed by atoms with van der Waals surface area (Å²) in [4.78, 5) is 29.3. The zero-order chi connectivity index (χ0) is 27.2. The van der Waals surface area contributed by atoms with Crippen LogP contribution >= 0.6 is 11.9 Å². The molecule has 2 amide bonds. The minimum absolute atomic E-state index is 0.00752. The number of carbonyl (C=O) groups is 2. The Balaban J connectivity index is 1.55. The van der Waals surface area contributed by atoms with Crippen LogP contribution in [0.2, 0.25) is 0 Å². The van der Waals surface area contributed by atoms with Gasteiger partial charge in [0.15, 0.2) is 5.82 Å². The summed E-state index contributed by atoms with van der Waals surface area (Å²) in [5.41, 5.74) is 4.17. The molecule has 1 aromatic heterocycles. The van der Waals surface area contributed by atoms with E-state index in [0.717, 1.165) is 64.4 Å². The molecule has 0 aliphatic heterocycles. The molecule has 1 saturated carbocycles. The molecule has 2 aromatic carbocycles. The van der Waals surface area contributed by atoms with E-state index in [1.807, 2.05) is 44.7 Å². The summed E-state index contributed by atoms with van der Waals surface area (Å²) in [6, 6.07) is 16.0. The van der Waals surface area contributed by atoms with Crippen molar-refractivity contribution in [2.24, 2.45) is 11.8 Å². The molecule has 2 N–H and O–H groups in total. The molecule has 0 saturated heterocycles. The molecule has 1 aliphatic carbocycles. The van der Waals surface area contributed by atoms with Crippen molar-refractivity contribution in [3.8, 4) is 11.1 Å². The molecule has 0 radical (unpaired) electrons. The maximum Gasteiger partial charge on any atom is 0.242 e. The molecule has 0 spiro atoms. The summed E-state index contributed by atoms with van der Waals surface area (Å²) in [5.74, 6) is 1.52. The van der Waals surface area contributed by atoms with Crippen LogP contribution in [0.3, 0.4) is 0 Å². The first kappa shape index (κ1) is 27.8. The van der Waals surface area contributed by atoms with E-state index in [1.165, 1.54) is 11.9 Å². The molecule has 1 heterocycles. The number of carbonyl (C=O) groups excluding carboxylic acids is 2. The van der Waals surface area contributed by atoms with E-state index in [-0.39, 0.29) is 23.7 Å². The Labute approximate surface area is 229 Å². The third-order valence-corrected chi connectivity index (χ3v) is 8.26. The highest BCUT2D eigenvalue weighted by atomic mass is 32.2. The quantitative estimate of drug-likeness (QED) is 0.294. The van der Waals surface area contributed by atoms with Crippen LogP contribution in [0.15, 0.2) is 57.9 Å². The number of anilines is 1. The third kappa shape index (κ3) is 6.23. The standard InChI is InChI=1S/C30H38N4O3S/c1-19(2)27(29(35)31-5)34(30(36)24-10-6-7-11-24)18-22-14-16-23(17-15-22)25-12-8-9-13-26(25)38-33-28-20(3)21(4)37-32-28/h8-9,12-17,19,24,27H,6-7,10-11,18H2,1-5H3,(H,31,35)(H,32,33). The normalized spacial score (nSPS) is 14.5. The molecule has 202 valence electrons. The molecule has 1 aliphatic rings. The first-order valence-electron chi connectivity index (χ1n) is 13.4. The minimum Gasteiger partial charge on any atom is -0.359 e. The molecular weight excluding hydrogens is 496 g/mol. The van der Waals surface area contributed by atoms with E-state index in [4.69, 9.17) is 4.52 Å². The number of likely N-dealkylation sites (N-methyl/N-ethyl adjacent to an activating group) is 1. The van der Waals surface area contributed by atoms with Crippen LogP contribution in [0.25, 0.3) is 11.1 Å². The molecule has 38 heavy (non-hydrogen) atoms. The average molecular weight is 535 g/mol. The Morgan fingerprint density at radius 1 is 1.08 bits per heavy atom. The second-order valence-corrected chi connectivity index (χ2v) is 11.2. The zero-order valence-electron chi connectivity index (χ0n) is 22.9. The van der Waals surface area contributed by atoms with Gasteiger partial charge in [-0.15, -0.1) is 0 Å². The lowest BCUT2D eigenvalue weighted by molar-refractivity contribution is -0.145. The molecule has 1 fully saturated rings. The largest absolute Gasteiger partial charge is 0.359 e. The monoisotopic (exact) mass is 534 g/mol. The highest BCUT2D eigenvalue weighted by molar-refractivity contribution is 8.00. The molecule has 7 nitrogen and oxygen atoms in total. The van der Waals surface area contributed by atoms with Gasteiger partial charge in [-0.1, -0.05) is 74.3 Å². The Hall–Kier alpha value is -3.26. The number of rotatable bonds is 10. The van der Waals surface area contributed by atoms with Crippen LogP contribution in [0.1, 0.15) is 56.4 Å². The predicted octanol–water partition coefficient (Wildman–Crippen LogP) is 6.37. The maximum absolute atomic E-state index is 13.6. The van der Waals surface area contributed by atoms with Crippen LogP contribution in [-0.4, -0.2) is 35.0 Å². The van der Waals surface area contributed by atoms with Gasteiger partial charge in [-0.25, -0.2) is 0 Å². The van der Waals surface area contributed by atoms with Gasteiger partial charge in [0.05, 0.1) is 0 Å². The summed E-state index contributed by atoms with van der Waals surface area (Å²) in [7, 11) is 1.64. The fourth-order valence-electron chi connectivity index (χ4n) is 5.07. The van der Waals surface area contributed by atoms with E-state index in [0.29, 0.717) is 6.54 Å². The number of nitrogens with one attached hydrogen (secondary N) is 2. The fraction of sp³-hybridized carbons (Fsp3) is 0.433. The van der Waals surface area contributed by atoms with Gasteiger partial charge in [0, 0.05) is 30.0 Å². The predicted molar refractivity (Wildman–Crippen MR) is 153 cm³/mol. The van der Waals surface area contributed by atoms with Gasteiger partial charge in [-0.05, 0) is 67.3 Å². The number of nitrogens with zero attached hydrogens (tertiary/aromatic N) is 2. The lowest BCUT2D eigenvalue weighted by Gasteiger charge is -2.35. The Bertz CT molecular complexity index is 1250. The summed E-state index contributed by atoms with van der Waals surface area (Å²) >= 11 is 1.50. The van der Waals surface area contributed by atoms with Crippen LogP contribution in [0.4, 0.5) is 5.82 Å². The highest BCUT2D eigenvalue weighted by Gasteiger charge is 2.36. The van der Waals surface area contributed by atoms with Crippen LogP contribution < -0.4 is 10.0 Å². The zero-order valence-corrected chi connectivity index (χ0v) is 23.7. The van der Waals surface area contributed by atoms with Crippen LogP contribution in [-0.2, 0) is 16.1 Å². The number of amides is 2. The van der Waals surface area contributed by atoms with Crippen molar-refractivity contribution in [3.63, 3.8) is 0 Å². The van der Waals surface area contributed by atoms with Crippen molar-refractivity contribution >= 4 is 29.6 Å². The van der Waals surface area contributed by atoms with Crippen molar-refractivity contribution in [3.05, 3.63) is 65.4 Å². The molecule has 1 unspecified atom stereocenters. The molecular formula is C30H38N4O3S. The SMILES string of the molecule is CNC(=O)C(C(C)C)N(Cc1ccc(-c2ccccc2SNc2noc(C)c2C)cc1)C(=O)C1CCCC1. The summed E-state index contributed by atoms with van der Waals surface area (Å²) < 4.78 is 8.57. The summed E-state index contributed by atoms with van der Waals surface area (Å²) in [6.07, 6.45) is 3.96. The lowest BCUT2D eigenvalue weighted by atomic mass is 9.97. The molecule has 3 aromatic rings. The molecule has 0 bridgehead atoms. The summed E-state index contributed by atoms with van der Waals surface area (Å²) in [5, 5.41) is 6.86. The summed E-state index contributed by atoms with van der Waals surface area (Å²) in [6.45, 7) is 8.29. The van der Waals surface area contributed by atoms with Gasteiger partial charge < -0.3 is 19.5 Å². The van der Waals surface area contributed by atoms with Gasteiger partial charge in [0.25, 0.3) is 0 Å². The number of aryl methyl sites for hydroxylation is 1. The first-order chi connectivity index (χ1) is 18.3. The van der Waals surface area contributed by atoms with Gasteiger partial charge >= 0.3 is 0 Å². The number of hydrogen-bond acceptors (Lipinski definition) is 6. The smallest absolute Gasteiger partial charge is 0.242 e. The number of aromatic nitrogens is 1. The van der Waals surface area contributed by atoms with Crippen molar-refractivity contribution in [2.45, 2.75) is 70.9 Å². The second kappa shape index (κ2) is 12.5. The van der Waals surface area contributed by atoms with Crippen molar-refractivity contribution in [1.82, 2.24) is 15.4 Å². The first-order valence-corrected chi connectivity index (χ1v) is 14.2. The van der Waals surface area contributed by atoms with Crippen LogP contribution in [0.5, 0.6) is 0 Å². The third-order valence-electron chi connectivity index (χ3n) is 7.39.